The van der Waals surface area contributed by atoms with Crippen LogP contribution in [0.1, 0.15) is 33.6 Å². The van der Waals surface area contributed by atoms with Crippen LogP contribution in [-0.2, 0) is 20.3 Å². The minimum atomic E-state index is -0.945. The molecule has 1 saturated carbocycles. The lowest BCUT2D eigenvalue weighted by Gasteiger charge is -2.65. The summed E-state index contributed by atoms with van der Waals surface area (Å²) in [4.78, 5) is 12.6. The van der Waals surface area contributed by atoms with Gasteiger partial charge in [0.05, 0.1) is 6.10 Å². The third-order valence-corrected chi connectivity index (χ3v) is 6.48. The molecule has 116 valence electrons. The molecule has 0 aromatic heterocycles. The fourth-order valence-electron chi connectivity index (χ4n) is 3.54. The lowest BCUT2D eigenvalue weighted by molar-refractivity contribution is -0.225. The van der Waals surface area contributed by atoms with Gasteiger partial charge in [0.1, 0.15) is 5.54 Å². The fourth-order valence-corrected chi connectivity index (χ4v) is 3.85. The maximum atomic E-state index is 12.6. The number of hydrogen-bond donors (Lipinski definition) is 2. The molecule has 1 aliphatic heterocycles. The molecule has 0 aromatic carbocycles. The molecule has 5 nitrogen and oxygen atoms in total. The molecular weight excluding hydrogens is 276 g/mol. The van der Waals surface area contributed by atoms with Crippen LogP contribution in [0.25, 0.3) is 0 Å². The Labute approximate surface area is 123 Å². The van der Waals surface area contributed by atoms with Crippen LogP contribution in [0.5, 0.6) is 0 Å². The summed E-state index contributed by atoms with van der Waals surface area (Å²) in [6.45, 7) is 7.02. The quantitative estimate of drug-likeness (QED) is 0.788. The van der Waals surface area contributed by atoms with Crippen molar-refractivity contribution >= 4 is 16.7 Å². The van der Waals surface area contributed by atoms with E-state index in [1.54, 1.807) is 6.26 Å². The van der Waals surface area contributed by atoms with Crippen LogP contribution in [-0.4, -0.2) is 46.4 Å². The van der Waals surface area contributed by atoms with Crippen LogP contribution < -0.4 is 11.1 Å². The Hall–Kier alpha value is -0.460. The molecule has 2 fully saturated rings. The van der Waals surface area contributed by atoms with Crippen molar-refractivity contribution in [3.05, 3.63) is 0 Å². The van der Waals surface area contributed by atoms with Crippen molar-refractivity contribution in [3.63, 3.8) is 0 Å². The summed E-state index contributed by atoms with van der Waals surface area (Å²) in [6, 6.07) is 0. The summed E-state index contributed by atoms with van der Waals surface area (Å²) in [5.74, 6) is -0.0415. The van der Waals surface area contributed by atoms with E-state index < -0.39 is 16.3 Å². The largest absolute Gasteiger partial charge is 0.377 e. The van der Waals surface area contributed by atoms with Gasteiger partial charge in [-0.05, 0) is 19.8 Å². The number of rotatable bonds is 4. The smallest absolute Gasteiger partial charge is 0.241 e. The summed E-state index contributed by atoms with van der Waals surface area (Å²) in [5, 5.41) is 2.82. The van der Waals surface area contributed by atoms with Gasteiger partial charge in [-0.1, -0.05) is 13.8 Å². The van der Waals surface area contributed by atoms with E-state index in [0.29, 0.717) is 6.54 Å². The Morgan fingerprint density at radius 1 is 1.55 bits per heavy atom. The lowest BCUT2D eigenvalue weighted by atomic mass is 9.46. The van der Waals surface area contributed by atoms with Crippen molar-refractivity contribution in [2.75, 3.05) is 19.4 Å². The van der Waals surface area contributed by atoms with Gasteiger partial charge in [-0.3, -0.25) is 9.00 Å². The number of carbonyl (C=O) groups is 1. The number of amides is 1. The molecular formula is C14H26N2O3S. The normalized spacial score (nSPS) is 38.2. The van der Waals surface area contributed by atoms with E-state index in [1.807, 2.05) is 20.8 Å². The van der Waals surface area contributed by atoms with E-state index in [9.17, 15) is 9.00 Å². The molecule has 1 saturated heterocycles. The first-order valence-corrected chi connectivity index (χ1v) is 8.86. The second-order valence-corrected chi connectivity index (χ2v) is 8.45. The maximum Gasteiger partial charge on any atom is 0.241 e. The highest BCUT2D eigenvalue weighted by Crippen LogP contribution is 2.57. The molecule has 5 atom stereocenters. The minimum Gasteiger partial charge on any atom is -0.377 e. The number of carbonyl (C=O) groups excluding carboxylic acids is 1. The Balaban J connectivity index is 2.06. The van der Waals surface area contributed by atoms with E-state index >= 15 is 0 Å². The molecule has 5 unspecified atom stereocenters. The molecule has 20 heavy (non-hydrogen) atoms. The van der Waals surface area contributed by atoms with Gasteiger partial charge in [0.25, 0.3) is 0 Å². The van der Waals surface area contributed by atoms with E-state index in [4.69, 9.17) is 10.5 Å². The molecule has 1 heterocycles. The van der Waals surface area contributed by atoms with Gasteiger partial charge in [-0.25, -0.2) is 0 Å². The van der Waals surface area contributed by atoms with E-state index in [0.717, 1.165) is 19.4 Å². The van der Waals surface area contributed by atoms with Crippen LogP contribution in [0.15, 0.2) is 0 Å². The Morgan fingerprint density at radius 2 is 2.20 bits per heavy atom. The fraction of sp³-hybridized carbons (Fsp3) is 0.929. The van der Waals surface area contributed by atoms with Gasteiger partial charge in [-0.2, -0.15) is 0 Å². The predicted molar refractivity (Wildman–Crippen MR) is 79.7 cm³/mol. The van der Waals surface area contributed by atoms with Crippen LogP contribution in [0, 0.1) is 11.3 Å². The average Bonchev–Trinajstić information content (AvgIpc) is 2.43. The van der Waals surface area contributed by atoms with E-state index in [2.05, 4.69) is 5.32 Å². The molecule has 0 spiro atoms. The highest BCUT2D eigenvalue weighted by atomic mass is 32.2. The summed E-state index contributed by atoms with van der Waals surface area (Å²) >= 11 is 0. The molecule has 1 amide bonds. The van der Waals surface area contributed by atoms with Crippen LogP contribution >= 0.6 is 0 Å². The van der Waals surface area contributed by atoms with Crippen LogP contribution in [0.3, 0.4) is 0 Å². The zero-order valence-corrected chi connectivity index (χ0v) is 13.6. The summed E-state index contributed by atoms with van der Waals surface area (Å²) in [5.41, 5.74) is 5.23. The second kappa shape index (κ2) is 5.39. The molecule has 0 aromatic rings. The monoisotopic (exact) mass is 302 g/mol. The molecule has 2 rings (SSSR count). The van der Waals surface area contributed by atoms with Crippen molar-refractivity contribution in [2.45, 2.75) is 50.5 Å². The third-order valence-electron chi connectivity index (χ3n) is 5.18. The molecule has 0 bridgehead atoms. The first-order valence-electron chi connectivity index (χ1n) is 7.24. The van der Waals surface area contributed by atoms with Crippen molar-refractivity contribution in [1.29, 1.82) is 0 Å². The van der Waals surface area contributed by atoms with Gasteiger partial charge >= 0.3 is 0 Å². The highest BCUT2D eigenvalue weighted by molar-refractivity contribution is 7.84. The zero-order valence-electron chi connectivity index (χ0n) is 12.8. The maximum absolute atomic E-state index is 12.6. The number of hydrogen-bond acceptors (Lipinski definition) is 4. The Bertz CT molecular complexity index is 427. The predicted octanol–water partition coefficient (Wildman–Crippen LogP) is 0.402. The van der Waals surface area contributed by atoms with Crippen LogP contribution in [0.2, 0.25) is 0 Å². The van der Waals surface area contributed by atoms with E-state index in [1.165, 1.54) is 0 Å². The molecule has 2 aliphatic rings. The van der Waals surface area contributed by atoms with Crippen molar-refractivity contribution in [3.8, 4) is 0 Å². The average molecular weight is 302 g/mol. The highest BCUT2D eigenvalue weighted by Gasteiger charge is 2.70. The summed E-state index contributed by atoms with van der Waals surface area (Å²) < 4.78 is 17.1. The number of fused-ring (bicyclic) bond motifs is 1. The number of nitrogens with two attached hydrogens (primary N) is 1. The Morgan fingerprint density at radius 3 is 2.80 bits per heavy atom. The Kier molecular flexibility index (Phi) is 4.29. The molecule has 1 aliphatic carbocycles. The first-order chi connectivity index (χ1) is 9.23. The standard InChI is InChI=1S/C14H26N2O3S/c1-9(20(4)18)8-16-12(17)14(15)10-6-5-7-19-11(10)13(14,2)3/h9-11H,5-8,15H2,1-4H3,(H,16,17). The molecule has 3 N–H and O–H groups in total. The zero-order chi connectivity index (χ0) is 15.1. The number of ether oxygens (including phenoxy) is 1. The molecule has 6 heteroatoms. The van der Waals surface area contributed by atoms with Gasteiger partial charge in [-0.15, -0.1) is 0 Å². The van der Waals surface area contributed by atoms with Crippen molar-refractivity contribution < 1.29 is 13.7 Å². The van der Waals surface area contributed by atoms with Gasteiger partial charge < -0.3 is 15.8 Å². The van der Waals surface area contributed by atoms with Gasteiger partial charge in [0.15, 0.2) is 0 Å². The SMILES string of the molecule is CC(CNC(=O)C1(N)C2CCCOC2C1(C)C)S(C)=O. The molecule has 0 radical (unpaired) electrons. The summed E-state index contributed by atoms with van der Waals surface area (Å²) in [6.07, 6.45) is 3.61. The van der Waals surface area contributed by atoms with Gasteiger partial charge in [0.2, 0.25) is 5.91 Å². The minimum absolute atomic E-state index is 0.0656. The van der Waals surface area contributed by atoms with Gasteiger partial charge in [0, 0.05) is 46.8 Å². The number of nitrogens with one attached hydrogen (secondary N) is 1. The second-order valence-electron chi connectivity index (χ2n) is 6.65. The van der Waals surface area contributed by atoms with Crippen molar-refractivity contribution in [1.82, 2.24) is 5.32 Å². The van der Waals surface area contributed by atoms with Crippen molar-refractivity contribution in [2.24, 2.45) is 17.1 Å². The summed E-state index contributed by atoms with van der Waals surface area (Å²) in [7, 11) is -0.945. The van der Waals surface area contributed by atoms with E-state index in [-0.39, 0.29) is 28.6 Å². The van der Waals surface area contributed by atoms with Crippen LogP contribution in [0.4, 0.5) is 0 Å². The lowest BCUT2D eigenvalue weighted by Crippen LogP contribution is -2.82. The first kappa shape index (κ1) is 15.9. The topological polar surface area (TPSA) is 81.4 Å². The third kappa shape index (κ3) is 2.22.